The van der Waals surface area contributed by atoms with Crippen molar-refractivity contribution >= 4 is 12.0 Å². The van der Waals surface area contributed by atoms with E-state index in [0.717, 1.165) is 23.5 Å². The number of carbonyl (C=O) groups is 2. The van der Waals surface area contributed by atoms with Gasteiger partial charge >= 0.3 is 6.09 Å². The van der Waals surface area contributed by atoms with Gasteiger partial charge in [0.1, 0.15) is 12.4 Å². The van der Waals surface area contributed by atoms with Gasteiger partial charge in [0.2, 0.25) is 5.91 Å². The van der Waals surface area contributed by atoms with Gasteiger partial charge in [0.25, 0.3) is 0 Å². The minimum Gasteiger partial charge on any atom is -0.450 e. The third kappa shape index (κ3) is 5.63. The maximum Gasteiger partial charge on any atom is 0.409 e. The highest BCUT2D eigenvalue weighted by Crippen LogP contribution is 2.08. The van der Waals surface area contributed by atoms with Crippen LogP contribution in [0, 0.1) is 6.92 Å². The number of benzene rings is 1. The summed E-state index contributed by atoms with van der Waals surface area (Å²) in [5.74, 6) is 0.729. The van der Waals surface area contributed by atoms with Gasteiger partial charge < -0.3 is 19.5 Å². The number of likely N-dealkylation sites (N-methyl/N-ethyl adjacent to an activating group) is 1. The molecule has 1 N–H and O–H groups in total. The lowest BCUT2D eigenvalue weighted by molar-refractivity contribution is -0.121. The van der Waals surface area contributed by atoms with Crippen molar-refractivity contribution in [2.75, 3.05) is 20.2 Å². The molecule has 1 aromatic heterocycles. The summed E-state index contributed by atoms with van der Waals surface area (Å²) in [6.07, 6.45) is 3.21. The maximum absolute atomic E-state index is 11.9. The highest BCUT2D eigenvalue weighted by atomic mass is 16.6. The van der Waals surface area contributed by atoms with Crippen molar-refractivity contribution in [1.29, 1.82) is 0 Å². The van der Waals surface area contributed by atoms with Crippen molar-refractivity contribution in [3.8, 4) is 0 Å². The number of hydrogen-bond donors (Lipinski definition) is 1. The molecule has 2 rings (SSSR count). The van der Waals surface area contributed by atoms with Crippen LogP contribution in [0.15, 0.2) is 36.7 Å². The van der Waals surface area contributed by atoms with Crippen LogP contribution < -0.4 is 5.32 Å². The number of rotatable bonds is 7. The summed E-state index contributed by atoms with van der Waals surface area (Å²) in [5.41, 5.74) is 2.14. The van der Waals surface area contributed by atoms with E-state index in [1.807, 2.05) is 31.3 Å². The molecule has 134 valence electrons. The Bertz CT molecular complexity index is 727. The van der Waals surface area contributed by atoms with Crippen LogP contribution in [0.25, 0.3) is 0 Å². The van der Waals surface area contributed by atoms with E-state index in [4.69, 9.17) is 4.74 Å². The Morgan fingerprint density at radius 1 is 1.32 bits per heavy atom. The molecule has 0 saturated carbocycles. The molecule has 0 radical (unpaired) electrons. The van der Waals surface area contributed by atoms with E-state index in [9.17, 15) is 9.59 Å². The number of nitrogens with zero attached hydrogens (tertiary/aromatic N) is 3. The van der Waals surface area contributed by atoms with Crippen LogP contribution in [0.5, 0.6) is 0 Å². The third-order valence-electron chi connectivity index (χ3n) is 3.72. The zero-order valence-electron chi connectivity index (χ0n) is 14.9. The number of nitrogens with one attached hydrogen (secondary N) is 1. The average Bonchev–Trinajstić information content (AvgIpc) is 2.98. The molecule has 0 saturated heterocycles. The van der Waals surface area contributed by atoms with Crippen LogP contribution in [0.4, 0.5) is 4.79 Å². The van der Waals surface area contributed by atoms with Crippen molar-refractivity contribution in [2.45, 2.75) is 26.9 Å². The normalized spacial score (nSPS) is 10.4. The monoisotopic (exact) mass is 344 g/mol. The molecule has 0 bridgehead atoms. The number of aryl methyl sites for hydroxylation is 1. The second kappa shape index (κ2) is 8.86. The molecule has 1 heterocycles. The highest BCUT2D eigenvalue weighted by molar-refractivity contribution is 5.82. The highest BCUT2D eigenvalue weighted by Gasteiger charge is 2.13. The van der Waals surface area contributed by atoms with Gasteiger partial charge in [-0.3, -0.25) is 4.79 Å². The van der Waals surface area contributed by atoms with E-state index in [2.05, 4.69) is 20.9 Å². The lowest BCUT2D eigenvalue weighted by Crippen LogP contribution is -2.38. The van der Waals surface area contributed by atoms with Gasteiger partial charge in [-0.25, -0.2) is 9.78 Å². The Kier molecular flexibility index (Phi) is 6.56. The Morgan fingerprint density at radius 3 is 2.76 bits per heavy atom. The number of imidazole rings is 1. The quantitative estimate of drug-likeness (QED) is 0.833. The second-order valence-electron chi connectivity index (χ2n) is 5.75. The summed E-state index contributed by atoms with van der Waals surface area (Å²) in [6.45, 7) is 5.08. The zero-order valence-corrected chi connectivity index (χ0v) is 14.9. The number of aromatic nitrogens is 2. The predicted octanol–water partition coefficient (Wildman–Crippen LogP) is 1.94. The van der Waals surface area contributed by atoms with Crippen LogP contribution >= 0.6 is 0 Å². The van der Waals surface area contributed by atoms with E-state index >= 15 is 0 Å². The minimum atomic E-state index is -0.504. The number of amides is 2. The first-order valence-corrected chi connectivity index (χ1v) is 8.19. The number of ether oxygens (including phenoxy) is 1. The smallest absolute Gasteiger partial charge is 0.409 e. The largest absolute Gasteiger partial charge is 0.450 e. The van der Waals surface area contributed by atoms with Crippen LogP contribution in [0.3, 0.4) is 0 Å². The van der Waals surface area contributed by atoms with Gasteiger partial charge in [-0.05, 0) is 25.0 Å². The predicted molar refractivity (Wildman–Crippen MR) is 94.0 cm³/mol. The van der Waals surface area contributed by atoms with Gasteiger partial charge in [0, 0.05) is 32.5 Å². The first kappa shape index (κ1) is 18.5. The Labute approximate surface area is 147 Å². The minimum absolute atomic E-state index is 0.0350. The fourth-order valence-electron chi connectivity index (χ4n) is 2.38. The Balaban J connectivity index is 1.86. The zero-order chi connectivity index (χ0) is 18.2. The van der Waals surface area contributed by atoms with Crippen LogP contribution in [-0.2, 0) is 22.6 Å². The molecule has 0 fully saturated rings. The lowest BCUT2D eigenvalue weighted by atomic mass is 10.1. The molecule has 0 aliphatic heterocycles. The standard InChI is InChI=1S/C18H24N4O3/c1-4-25-18(24)21(3)13-17(23)20-11-15-6-5-7-16(10-15)12-22-9-8-19-14(22)2/h5-10H,4,11-13H2,1-3H3,(H,20,23). The fraction of sp³-hybridized carbons (Fsp3) is 0.389. The summed E-state index contributed by atoms with van der Waals surface area (Å²) < 4.78 is 6.90. The van der Waals surface area contributed by atoms with Crippen LogP contribution in [-0.4, -0.2) is 46.7 Å². The van der Waals surface area contributed by atoms with Crippen molar-refractivity contribution in [2.24, 2.45) is 0 Å². The van der Waals surface area contributed by atoms with Gasteiger partial charge in [0.05, 0.1) is 6.61 Å². The summed E-state index contributed by atoms with van der Waals surface area (Å²) >= 11 is 0. The number of carbonyl (C=O) groups excluding carboxylic acids is 2. The molecular weight excluding hydrogens is 320 g/mol. The molecule has 25 heavy (non-hydrogen) atoms. The molecule has 1 aromatic carbocycles. The van der Waals surface area contributed by atoms with E-state index in [0.29, 0.717) is 6.54 Å². The Morgan fingerprint density at radius 2 is 2.08 bits per heavy atom. The Hall–Kier alpha value is -2.83. The summed E-state index contributed by atoms with van der Waals surface area (Å²) in [4.78, 5) is 28.9. The molecule has 0 spiro atoms. The molecule has 0 aliphatic carbocycles. The van der Waals surface area contributed by atoms with Crippen molar-refractivity contribution in [1.82, 2.24) is 19.8 Å². The first-order valence-electron chi connectivity index (χ1n) is 8.19. The summed E-state index contributed by atoms with van der Waals surface area (Å²) in [6, 6.07) is 8.02. The van der Waals surface area contributed by atoms with E-state index in [-0.39, 0.29) is 19.1 Å². The summed E-state index contributed by atoms with van der Waals surface area (Å²) in [7, 11) is 1.53. The second-order valence-corrected chi connectivity index (χ2v) is 5.75. The van der Waals surface area contributed by atoms with Crippen molar-refractivity contribution in [3.63, 3.8) is 0 Å². The molecule has 0 aliphatic rings. The topological polar surface area (TPSA) is 76.5 Å². The van der Waals surface area contributed by atoms with Gasteiger partial charge in [-0.1, -0.05) is 24.3 Å². The van der Waals surface area contributed by atoms with Crippen LogP contribution in [0.1, 0.15) is 23.9 Å². The average molecular weight is 344 g/mol. The van der Waals surface area contributed by atoms with Crippen molar-refractivity contribution in [3.05, 3.63) is 53.6 Å². The van der Waals surface area contributed by atoms with Gasteiger partial charge in [-0.2, -0.15) is 0 Å². The SMILES string of the molecule is CCOC(=O)N(C)CC(=O)NCc1cccc(Cn2ccnc2C)c1. The lowest BCUT2D eigenvalue weighted by Gasteiger charge is -2.16. The van der Waals surface area contributed by atoms with Crippen molar-refractivity contribution < 1.29 is 14.3 Å². The van der Waals surface area contributed by atoms with E-state index < -0.39 is 6.09 Å². The van der Waals surface area contributed by atoms with E-state index in [1.165, 1.54) is 11.9 Å². The van der Waals surface area contributed by atoms with Gasteiger partial charge in [-0.15, -0.1) is 0 Å². The molecule has 7 heteroatoms. The van der Waals surface area contributed by atoms with Crippen LogP contribution in [0.2, 0.25) is 0 Å². The molecule has 7 nitrogen and oxygen atoms in total. The van der Waals surface area contributed by atoms with E-state index in [1.54, 1.807) is 13.1 Å². The third-order valence-corrected chi connectivity index (χ3v) is 3.72. The first-order chi connectivity index (χ1) is 12.0. The maximum atomic E-state index is 11.9. The van der Waals surface area contributed by atoms with Gasteiger partial charge in [0.15, 0.2) is 0 Å². The molecule has 0 atom stereocenters. The fourth-order valence-corrected chi connectivity index (χ4v) is 2.38. The molecule has 2 amide bonds. The molecule has 2 aromatic rings. The summed E-state index contributed by atoms with van der Waals surface area (Å²) in [5, 5.41) is 2.82. The number of hydrogen-bond acceptors (Lipinski definition) is 4. The molecular formula is C18H24N4O3. The molecule has 0 unspecified atom stereocenters.